The number of anilines is 1. The minimum absolute atomic E-state index is 0.252. The van der Waals surface area contributed by atoms with Gasteiger partial charge >= 0.3 is 5.97 Å². The van der Waals surface area contributed by atoms with Crippen molar-refractivity contribution >= 4 is 22.6 Å². The Hall–Kier alpha value is -2.10. The van der Waals surface area contributed by atoms with E-state index in [1.165, 1.54) is 6.20 Å². The molecule has 112 valence electrons. The summed E-state index contributed by atoms with van der Waals surface area (Å²) in [6.07, 6.45) is 1.47. The minimum atomic E-state index is -0.940. The van der Waals surface area contributed by atoms with Gasteiger partial charge in [-0.3, -0.25) is 0 Å². The average Bonchev–Trinajstić information content (AvgIpc) is 2.43. The molecule has 21 heavy (non-hydrogen) atoms. The van der Waals surface area contributed by atoms with Crippen LogP contribution in [0.15, 0.2) is 30.5 Å². The van der Waals surface area contributed by atoms with Crippen molar-refractivity contribution in [1.82, 2.24) is 4.98 Å². The van der Waals surface area contributed by atoms with Crippen LogP contribution in [0.2, 0.25) is 0 Å². The van der Waals surface area contributed by atoms with E-state index < -0.39 is 5.97 Å². The van der Waals surface area contributed by atoms with Gasteiger partial charge in [-0.25, -0.2) is 9.78 Å². The maximum absolute atomic E-state index is 11.4. The second-order valence-corrected chi connectivity index (χ2v) is 5.99. The summed E-state index contributed by atoms with van der Waals surface area (Å²) in [7, 11) is 0. The van der Waals surface area contributed by atoms with Gasteiger partial charge in [-0.05, 0) is 19.8 Å². The van der Waals surface area contributed by atoms with Gasteiger partial charge in [-0.15, -0.1) is 0 Å². The Morgan fingerprint density at radius 1 is 1.19 bits per heavy atom. The number of fused-ring (bicyclic) bond motifs is 1. The summed E-state index contributed by atoms with van der Waals surface area (Å²) in [5.41, 5.74) is 0.252. The monoisotopic (exact) mass is 286 g/mol. The van der Waals surface area contributed by atoms with Gasteiger partial charge in [0.1, 0.15) is 5.82 Å². The molecule has 0 aliphatic heterocycles. The van der Waals surface area contributed by atoms with E-state index in [1.54, 1.807) is 0 Å². The van der Waals surface area contributed by atoms with Crippen molar-refractivity contribution in [1.29, 1.82) is 0 Å². The SMILES string of the molecule is CC(C)CN(c1ncc(C(=O)O)c2ccccc12)C(C)C. The van der Waals surface area contributed by atoms with Crippen LogP contribution in [-0.4, -0.2) is 28.6 Å². The van der Waals surface area contributed by atoms with E-state index in [0.717, 1.165) is 23.1 Å². The Bertz CT molecular complexity index is 650. The van der Waals surface area contributed by atoms with Gasteiger partial charge in [0.2, 0.25) is 0 Å². The lowest BCUT2D eigenvalue weighted by Gasteiger charge is -2.30. The summed E-state index contributed by atoms with van der Waals surface area (Å²) in [6.45, 7) is 9.49. The van der Waals surface area contributed by atoms with Crippen LogP contribution < -0.4 is 4.90 Å². The third-order valence-electron chi connectivity index (χ3n) is 3.46. The van der Waals surface area contributed by atoms with Crippen molar-refractivity contribution in [2.75, 3.05) is 11.4 Å². The summed E-state index contributed by atoms with van der Waals surface area (Å²) >= 11 is 0. The van der Waals surface area contributed by atoms with Crippen LogP contribution >= 0.6 is 0 Å². The number of aromatic nitrogens is 1. The molecule has 4 heteroatoms. The van der Waals surface area contributed by atoms with Gasteiger partial charge in [0.05, 0.1) is 5.56 Å². The largest absolute Gasteiger partial charge is 0.478 e. The number of benzene rings is 1. The number of nitrogens with zero attached hydrogens (tertiary/aromatic N) is 2. The van der Waals surface area contributed by atoms with E-state index in [1.807, 2.05) is 24.3 Å². The molecule has 0 atom stereocenters. The molecule has 0 bridgehead atoms. The van der Waals surface area contributed by atoms with Crippen molar-refractivity contribution in [2.45, 2.75) is 33.7 Å². The highest BCUT2D eigenvalue weighted by molar-refractivity contribution is 6.06. The summed E-state index contributed by atoms with van der Waals surface area (Å²) in [5.74, 6) is 0.427. The number of hydrogen-bond acceptors (Lipinski definition) is 3. The highest BCUT2D eigenvalue weighted by atomic mass is 16.4. The maximum atomic E-state index is 11.4. The van der Waals surface area contributed by atoms with Crippen LogP contribution in [0.25, 0.3) is 10.8 Å². The molecular formula is C17H22N2O2. The van der Waals surface area contributed by atoms with Gasteiger partial charge in [-0.1, -0.05) is 38.1 Å². The Kier molecular flexibility index (Phi) is 4.46. The number of pyridine rings is 1. The van der Waals surface area contributed by atoms with Crippen molar-refractivity contribution in [3.05, 3.63) is 36.0 Å². The zero-order valence-corrected chi connectivity index (χ0v) is 13.0. The lowest BCUT2D eigenvalue weighted by Crippen LogP contribution is -2.35. The molecule has 0 radical (unpaired) electrons. The molecule has 0 amide bonds. The standard InChI is InChI=1S/C17H22N2O2/c1-11(2)10-19(12(3)4)16-14-8-6-5-7-13(14)15(9-18-16)17(20)21/h5-9,11-12H,10H2,1-4H3,(H,20,21). The lowest BCUT2D eigenvalue weighted by atomic mass is 10.1. The third-order valence-corrected chi connectivity index (χ3v) is 3.46. The second kappa shape index (κ2) is 6.12. The summed E-state index contributed by atoms with van der Waals surface area (Å²) in [4.78, 5) is 18.0. The van der Waals surface area contributed by atoms with E-state index in [2.05, 4.69) is 37.6 Å². The lowest BCUT2D eigenvalue weighted by molar-refractivity contribution is 0.0698. The van der Waals surface area contributed by atoms with Crippen LogP contribution in [0.5, 0.6) is 0 Å². The second-order valence-electron chi connectivity index (χ2n) is 5.99. The Balaban J connectivity index is 2.64. The fourth-order valence-electron chi connectivity index (χ4n) is 2.51. The Morgan fingerprint density at radius 2 is 1.81 bits per heavy atom. The predicted molar refractivity (Wildman–Crippen MR) is 86.0 cm³/mol. The molecular weight excluding hydrogens is 264 g/mol. The van der Waals surface area contributed by atoms with Crippen LogP contribution in [-0.2, 0) is 0 Å². The molecule has 0 aliphatic rings. The molecule has 0 spiro atoms. The van der Waals surface area contributed by atoms with Gasteiger partial charge in [0.15, 0.2) is 0 Å². The number of rotatable bonds is 5. The number of hydrogen-bond donors (Lipinski definition) is 1. The van der Waals surface area contributed by atoms with Crippen molar-refractivity contribution in [2.24, 2.45) is 5.92 Å². The third kappa shape index (κ3) is 3.15. The molecule has 4 nitrogen and oxygen atoms in total. The Morgan fingerprint density at radius 3 is 2.33 bits per heavy atom. The van der Waals surface area contributed by atoms with E-state index >= 15 is 0 Å². The molecule has 0 saturated carbocycles. The Labute approximate surface area is 125 Å². The minimum Gasteiger partial charge on any atom is -0.478 e. The fourth-order valence-corrected chi connectivity index (χ4v) is 2.51. The zero-order valence-electron chi connectivity index (χ0n) is 13.0. The fraction of sp³-hybridized carbons (Fsp3) is 0.412. The molecule has 2 aromatic rings. The molecule has 0 saturated heterocycles. The molecule has 1 aromatic carbocycles. The normalized spacial score (nSPS) is 11.3. The van der Waals surface area contributed by atoms with Crippen LogP contribution in [0.4, 0.5) is 5.82 Å². The van der Waals surface area contributed by atoms with Gasteiger partial charge < -0.3 is 10.0 Å². The summed E-state index contributed by atoms with van der Waals surface area (Å²) < 4.78 is 0. The first-order valence-electron chi connectivity index (χ1n) is 7.29. The van der Waals surface area contributed by atoms with Crippen molar-refractivity contribution < 1.29 is 9.90 Å². The number of aromatic carboxylic acids is 1. The van der Waals surface area contributed by atoms with Gasteiger partial charge in [0, 0.05) is 29.6 Å². The topological polar surface area (TPSA) is 53.4 Å². The van der Waals surface area contributed by atoms with E-state index in [0.29, 0.717) is 12.0 Å². The molecule has 0 fully saturated rings. The summed E-state index contributed by atoms with van der Waals surface area (Å²) in [5, 5.41) is 10.9. The first-order chi connectivity index (χ1) is 9.91. The van der Waals surface area contributed by atoms with E-state index in [9.17, 15) is 9.90 Å². The van der Waals surface area contributed by atoms with Gasteiger partial charge in [0.25, 0.3) is 0 Å². The smallest absolute Gasteiger partial charge is 0.337 e. The molecule has 2 rings (SSSR count). The summed E-state index contributed by atoms with van der Waals surface area (Å²) in [6, 6.07) is 7.88. The predicted octanol–water partition coefficient (Wildman–Crippen LogP) is 3.80. The average molecular weight is 286 g/mol. The maximum Gasteiger partial charge on any atom is 0.337 e. The molecule has 0 unspecified atom stereocenters. The first-order valence-corrected chi connectivity index (χ1v) is 7.29. The van der Waals surface area contributed by atoms with Crippen LogP contribution in [0.1, 0.15) is 38.1 Å². The number of carbonyl (C=O) groups is 1. The van der Waals surface area contributed by atoms with Crippen LogP contribution in [0, 0.1) is 5.92 Å². The zero-order chi connectivity index (χ0) is 15.6. The molecule has 1 heterocycles. The van der Waals surface area contributed by atoms with Crippen LogP contribution in [0.3, 0.4) is 0 Å². The highest BCUT2D eigenvalue weighted by Crippen LogP contribution is 2.29. The highest BCUT2D eigenvalue weighted by Gasteiger charge is 2.19. The van der Waals surface area contributed by atoms with Crippen molar-refractivity contribution in [3.8, 4) is 0 Å². The van der Waals surface area contributed by atoms with Gasteiger partial charge in [-0.2, -0.15) is 0 Å². The van der Waals surface area contributed by atoms with Crippen molar-refractivity contribution in [3.63, 3.8) is 0 Å². The number of carboxylic acids is 1. The number of carboxylic acid groups (broad SMARTS) is 1. The molecule has 1 N–H and O–H groups in total. The first kappa shape index (κ1) is 15.3. The molecule has 1 aromatic heterocycles. The quantitative estimate of drug-likeness (QED) is 0.908. The molecule has 0 aliphatic carbocycles. The van der Waals surface area contributed by atoms with E-state index in [-0.39, 0.29) is 5.56 Å². The van der Waals surface area contributed by atoms with E-state index in [4.69, 9.17) is 0 Å².